The van der Waals surface area contributed by atoms with Crippen LogP contribution in [0.4, 0.5) is 0 Å². The van der Waals surface area contributed by atoms with Crippen molar-refractivity contribution in [1.29, 1.82) is 0 Å². The highest BCUT2D eigenvalue weighted by molar-refractivity contribution is 9.10. The highest BCUT2D eigenvalue weighted by Crippen LogP contribution is 2.22. The molecule has 0 amide bonds. The molecule has 0 bridgehead atoms. The second-order valence-corrected chi connectivity index (χ2v) is 4.99. The van der Waals surface area contributed by atoms with E-state index in [1.54, 1.807) is 6.20 Å². The van der Waals surface area contributed by atoms with Gasteiger partial charge in [-0.1, -0.05) is 6.92 Å². The van der Waals surface area contributed by atoms with Gasteiger partial charge in [0.05, 0.1) is 13.2 Å². The molecular weight excluding hydrogens is 284 g/mol. The molecule has 17 heavy (non-hydrogen) atoms. The second kappa shape index (κ2) is 6.33. The van der Waals surface area contributed by atoms with Crippen LogP contribution < -0.4 is 10.1 Å². The number of aromatic nitrogens is 1. The molecule has 2 rings (SSSR count). The number of pyridine rings is 1. The minimum absolute atomic E-state index is 0.161. The maximum atomic E-state index is 5.77. The van der Waals surface area contributed by atoms with Crippen molar-refractivity contribution in [3.05, 3.63) is 22.3 Å². The smallest absolute Gasteiger partial charge is 0.218 e. The maximum Gasteiger partial charge on any atom is 0.218 e. The molecule has 1 fully saturated rings. The molecule has 5 heteroatoms. The lowest BCUT2D eigenvalue weighted by Crippen LogP contribution is -2.39. The zero-order chi connectivity index (χ0) is 12.1. The highest BCUT2D eigenvalue weighted by Gasteiger charge is 2.21. The molecule has 0 saturated carbocycles. The van der Waals surface area contributed by atoms with E-state index in [1.807, 2.05) is 6.07 Å². The van der Waals surface area contributed by atoms with Crippen LogP contribution in [-0.4, -0.2) is 30.8 Å². The molecule has 0 unspecified atom stereocenters. The summed E-state index contributed by atoms with van der Waals surface area (Å²) in [6.07, 6.45) is 3.04. The Labute approximate surface area is 110 Å². The van der Waals surface area contributed by atoms with Gasteiger partial charge in [-0.3, -0.25) is 0 Å². The summed E-state index contributed by atoms with van der Waals surface area (Å²) < 4.78 is 11.8. The molecule has 1 aliphatic heterocycles. The van der Waals surface area contributed by atoms with Crippen molar-refractivity contribution >= 4 is 15.9 Å². The Kier molecular flexibility index (Phi) is 4.76. The molecule has 0 spiro atoms. The minimum Gasteiger partial charge on any atom is -0.469 e. The van der Waals surface area contributed by atoms with Crippen LogP contribution in [0.3, 0.4) is 0 Å². The lowest BCUT2D eigenvalue weighted by molar-refractivity contribution is -0.0817. The summed E-state index contributed by atoms with van der Waals surface area (Å²) in [5, 5.41) is 3.36. The molecule has 0 aromatic carbocycles. The molecule has 1 aromatic heterocycles. The first-order valence-electron chi connectivity index (χ1n) is 5.89. The zero-order valence-electron chi connectivity index (χ0n) is 9.91. The number of ether oxygens (including phenoxy) is 2. The van der Waals surface area contributed by atoms with E-state index >= 15 is 0 Å². The number of hydrogen-bond acceptors (Lipinski definition) is 4. The van der Waals surface area contributed by atoms with Crippen molar-refractivity contribution in [1.82, 2.24) is 10.3 Å². The third kappa shape index (κ3) is 3.66. The van der Waals surface area contributed by atoms with Gasteiger partial charge in [-0.25, -0.2) is 4.98 Å². The molecule has 1 saturated heterocycles. The summed E-state index contributed by atoms with van der Waals surface area (Å²) in [7, 11) is 0. The van der Waals surface area contributed by atoms with Crippen molar-refractivity contribution in [2.24, 2.45) is 0 Å². The van der Waals surface area contributed by atoms with Gasteiger partial charge in [-0.05, 0) is 35.0 Å². The predicted molar refractivity (Wildman–Crippen MR) is 69.2 cm³/mol. The van der Waals surface area contributed by atoms with Gasteiger partial charge in [0.1, 0.15) is 6.10 Å². The van der Waals surface area contributed by atoms with Crippen LogP contribution in [0.25, 0.3) is 0 Å². The molecule has 94 valence electrons. The summed E-state index contributed by atoms with van der Waals surface area (Å²) in [5.41, 5.74) is 1.08. The second-order valence-electron chi connectivity index (χ2n) is 4.07. The summed E-state index contributed by atoms with van der Waals surface area (Å²) in [6.45, 7) is 5.26. The molecule has 4 nitrogen and oxygen atoms in total. The Hall–Kier alpha value is -0.650. The molecular formula is C12H17BrN2O2. The zero-order valence-corrected chi connectivity index (χ0v) is 11.5. The average molecular weight is 301 g/mol. The van der Waals surface area contributed by atoms with Crippen molar-refractivity contribution < 1.29 is 9.47 Å². The number of nitrogens with zero attached hydrogens (tertiary/aromatic N) is 1. The summed E-state index contributed by atoms with van der Waals surface area (Å²) >= 11 is 3.43. The molecule has 1 N–H and O–H groups in total. The minimum atomic E-state index is 0.161. The average Bonchev–Trinajstić information content (AvgIpc) is 2.26. The lowest BCUT2D eigenvalue weighted by Gasteiger charge is -2.27. The fraction of sp³-hybridized carbons (Fsp3) is 0.583. The van der Waals surface area contributed by atoms with Crippen LogP contribution in [-0.2, 0) is 11.3 Å². The van der Waals surface area contributed by atoms with Crippen molar-refractivity contribution in [3.63, 3.8) is 0 Å². The van der Waals surface area contributed by atoms with Crippen LogP contribution >= 0.6 is 15.9 Å². The lowest BCUT2D eigenvalue weighted by atomic mass is 10.2. The molecule has 1 aromatic rings. The maximum absolute atomic E-state index is 5.77. The number of halogens is 1. The van der Waals surface area contributed by atoms with Gasteiger partial charge in [-0.2, -0.15) is 0 Å². The standard InChI is InChI=1S/C12H17BrN2O2/c1-2-3-14-5-9-4-10(13)6-15-12(9)17-11-7-16-8-11/h4,6,11,14H,2-3,5,7-8H2,1H3. The Morgan fingerprint density at radius 1 is 1.59 bits per heavy atom. The third-order valence-electron chi connectivity index (χ3n) is 2.52. The largest absolute Gasteiger partial charge is 0.469 e. The van der Waals surface area contributed by atoms with Crippen LogP contribution in [0.1, 0.15) is 18.9 Å². The van der Waals surface area contributed by atoms with Crippen LogP contribution in [0.2, 0.25) is 0 Å². The Morgan fingerprint density at radius 3 is 3.06 bits per heavy atom. The van der Waals surface area contributed by atoms with Crippen LogP contribution in [0, 0.1) is 0 Å². The molecule has 1 aliphatic rings. The van der Waals surface area contributed by atoms with Gasteiger partial charge in [-0.15, -0.1) is 0 Å². The van der Waals surface area contributed by atoms with E-state index in [2.05, 4.69) is 33.2 Å². The fourth-order valence-electron chi connectivity index (χ4n) is 1.54. The number of nitrogens with one attached hydrogen (secondary N) is 1. The van der Waals surface area contributed by atoms with E-state index in [9.17, 15) is 0 Å². The Bertz CT molecular complexity index is 370. The van der Waals surface area contributed by atoms with Gasteiger partial charge < -0.3 is 14.8 Å². The summed E-state index contributed by atoms with van der Waals surface area (Å²) in [4.78, 5) is 4.31. The molecule has 2 heterocycles. The van der Waals surface area contributed by atoms with E-state index < -0.39 is 0 Å². The monoisotopic (exact) mass is 300 g/mol. The van der Waals surface area contributed by atoms with Crippen LogP contribution in [0.15, 0.2) is 16.7 Å². The Morgan fingerprint density at radius 2 is 2.41 bits per heavy atom. The first kappa shape index (κ1) is 12.8. The van der Waals surface area contributed by atoms with Gasteiger partial charge in [0, 0.05) is 22.8 Å². The number of hydrogen-bond donors (Lipinski definition) is 1. The van der Waals surface area contributed by atoms with Gasteiger partial charge >= 0.3 is 0 Å². The first-order valence-corrected chi connectivity index (χ1v) is 6.68. The quantitative estimate of drug-likeness (QED) is 0.817. The van der Waals surface area contributed by atoms with Crippen molar-refractivity contribution in [2.75, 3.05) is 19.8 Å². The van der Waals surface area contributed by atoms with Gasteiger partial charge in [0.25, 0.3) is 0 Å². The molecule has 0 aliphatic carbocycles. The van der Waals surface area contributed by atoms with E-state index in [0.717, 1.165) is 29.5 Å². The molecule has 0 radical (unpaired) electrons. The highest BCUT2D eigenvalue weighted by atomic mass is 79.9. The van der Waals surface area contributed by atoms with Crippen molar-refractivity contribution in [2.45, 2.75) is 26.0 Å². The van der Waals surface area contributed by atoms with E-state index in [-0.39, 0.29) is 6.10 Å². The first-order chi connectivity index (χ1) is 8.29. The third-order valence-corrected chi connectivity index (χ3v) is 2.95. The fourth-order valence-corrected chi connectivity index (χ4v) is 1.92. The predicted octanol–water partition coefficient (Wildman–Crippen LogP) is 2.12. The van der Waals surface area contributed by atoms with E-state index in [1.165, 1.54) is 0 Å². The van der Waals surface area contributed by atoms with Crippen molar-refractivity contribution in [3.8, 4) is 5.88 Å². The summed E-state index contributed by atoms with van der Waals surface area (Å²) in [5.74, 6) is 0.713. The SMILES string of the molecule is CCCNCc1cc(Br)cnc1OC1COC1. The van der Waals surface area contributed by atoms with E-state index in [4.69, 9.17) is 9.47 Å². The van der Waals surface area contributed by atoms with Crippen LogP contribution in [0.5, 0.6) is 5.88 Å². The molecule has 0 atom stereocenters. The van der Waals surface area contributed by atoms with Gasteiger partial charge in [0.2, 0.25) is 5.88 Å². The summed E-state index contributed by atoms with van der Waals surface area (Å²) in [6, 6.07) is 2.05. The number of rotatable bonds is 6. The van der Waals surface area contributed by atoms with Gasteiger partial charge in [0.15, 0.2) is 0 Å². The topological polar surface area (TPSA) is 43.4 Å². The Balaban J connectivity index is 2.00. The normalized spacial score (nSPS) is 15.6. The van der Waals surface area contributed by atoms with E-state index in [0.29, 0.717) is 19.1 Å².